The third kappa shape index (κ3) is 7.53. The Morgan fingerprint density at radius 1 is 0.794 bits per heavy atom. The zero-order valence-corrected chi connectivity index (χ0v) is 18.9. The molecule has 8 heteroatoms. The lowest BCUT2D eigenvalue weighted by Crippen LogP contribution is -2.41. The third-order valence-electron chi connectivity index (χ3n) is 5.06. The van der Waals surface area contributed by atoms with Crippen molar-refractivity contribution in [3.8, 4) is 0 Å². The quantitative estimate of drug-likeness (QED) is 0.429. The Balaban J connectivity index is 1.54. The van der Waals surface area contributed by atoms with Gasteiger partial charge in [0.2, 0.25) is 11.8 Å². The number of rotatable bonds is 10. The van der Waals surface area contributed by atoms with Gasteiger partial charge >= 0.3 is 0 Å². The molecule has 0 saturated carbocycles. The minimum absolute atomic E-state index is 0.0187. The van der Waals surface area contributed by atoms with Crippen LogP contribution in [0.1, 0.15) is 22.8 Å². The fourth-order valence-electron chi connectivity index (χ4n) is 3.24. The Labute approximate surface area is 198 Å². The lowest BCUT2D eigenvalue weighted by Gasteiger charge is -2.20. The monoisotopic (exact) mass is 462 g/mol. The van der Waals surface area contributed by atoms with Crippen LogP contribution in [0.5, 0.6) is 0 Å². The number of nitrogens with zero attached hydrogens (tertiary/aromatic N) is 1. The second-order valence-corrected chi connectivity index (χ2v) is 7.62. The largest absolute Gasteiger partial charge is 0.351 e. The first-order valence-corrected chi connectivity index (χ1v) is 10.9. The van der Waals surface area contributed by atoms with E-state index in [-0.39, 0.29) is 43.2 Å². The first-order valence-electron chi connectivity index (χ1n) is 10.9. The summed E-state index contributed by atoms with van der Waals surface area (Å²) in [6.07, 6.45) is 0. The normalized spacial score (nSPS) is 10.6. The molecule has 7 nitrogen and oxygen atoms in total. The van der Waals surface area contributed by atoms with E-state index in [1.165, 1.54) is 12.1 Å². The average molecular weight is 463 g/mol. The Hall–Kier alpha value is -4.04. The molecule has 0 unspecified atom stereocenters. The molecular formula is C26H27FN4O3. The van der Waals surface area contributed by atoms with Gasteiger partial charge in [-0.05, 0) is 48.5 Å². The summed E-state index contributed by atoms with van der Waals surface area (Å²) < 4.78 is 13.0. The highest BCUT2D eigenvalue weighted by atomic mass is 19.1. The second kappa shape index (κ2) is 12.3. The van der Waals surface area contributed by atoms with E-state index >= 15 is 0 Å². The number of carbonyl (C=O) groups excluding carboxylic acids is 3. The summed E-state index contributed by atoms with van der Waals surface area (Å²) in [6.45, 7) is 2.61. The van der Waals surface area contributed by atoms with Gasteiger partial charge in [-0.3, -0.25) is 19.3 Å². The van der Waals surface area contributed by atoms with Crippen molar-refractivity contribution in [2.45, 2.75) is 13.5 Å². The lowest BCUT2D eigenvalue weighted by atomic mass is 10.1. The summed E-state index contributed by atoms with van der Waals surface area (Å²) in [5, 5.41) is 8.34. The molecule has 3 amide bonds. The molecule has 0 aliphatic heterocycles. The Kier molecular flexibility index (Phi) is 8.88. The molecule has 0 aliphatic rings. The molecule has 3 aromatic rings. The van der Waals surface area contributed by atoms with E-state index in [0.29, 0.717) is 23.5 Å². The number of para-hydroxylation sites is 2. The minimum Gasteiger partial charge on any atom is -0.351 e. The van der Waals surface area contributed by atoms with Crippen molar-refractivity contribution in [1.29, 1.82) is 0 Å². The molecule has 0 bridgehead atoms. The number of hydrogen-bond donors (Lipinski definition) is 3. The predicted octanol–water partition coefficient (Wildman–Crippen LogP) is 3.65. The second-order valence-electron chi connectivity index (χ2n) is 7.62. The van der Waals surface area contributed by atoms with Crippen LogP contribution in [-0.2, 0) is 16.1 Å². The number of likely N-dealkylation sites (N-methyl/N-ethyl adjacent to an activating group) is 1. The summed E-state index contributed by atoms with van der Waals surface area (Å²) in [4.78, 5) is 39.3. The summed E-state index contributed by atoms with van der Waals surface area (Å²) >= 11 is 0. The van der Waals surface area contributed by atoms with Gasteiger partial charge in [0.25, 0.3) is 5.91 Å². The number of hydrogen-bond acceptors (Lipinski definition) is 4. The van der Waals surface area contributed by atoms with Gasteiger partial charge in [0, 0.05) is 12.2 Å². The first kappa shape index (κ1) is 24.6. The van der Waals surface area contributed by atoms with Crippen molar-refractivity contribution in [3.63, 3.8) is 0 Å². The molecule has 34 heavy (non-hydrogen) atoms. The molecular weight excluding hydrogens is 435 g/mol. The van der Waals surface area contributed by atoms with Gasteiger partial charge in [-0.15, -0.1) is 0 Å². The van der Waals surface area contributed by atoms with E-state index < -0.39 is 0 Å². The van der Waals surface area contributed by atoms with Crippen molar-refractivity contribution in [2.75, 3.05) is 30.3 Å². The molecule has 0 spiro atoms. The maximum atomic E-state index is 13.0. The van der Waals surface area contributed by atoms with Crippen LogP contribution in [0.15, 0.2) is 78.9 Å². The Bertz CT molecular complexity index is 1120. The lowest BCUT2D eigenvalue weighted by molar-refractivity contribution is -0.123. The topological polar surface area (TPSA) is 90.5 Å². The summed E-state index contributed by atoms with van der Waals surface area (Å²) in [5.74, 6) is -1.26. The number of anilines is 2. The maximum Gasteiger partial charge on any atom is 0.257 e. The Morgan fingerprint density at radius 2 is 1.44 bits per heavy atom. The van der Waals surface area contributed by atoms with Gasteiger partial charge in [-0.2, -0.15) is 0 Å². The fourth-order valence-corrected chi connectivity index (χ4v) is 3.24. The molecule has 3 rings (SSSR count). The van der Waals surface area contributed by atoms with E-state index in [0.717, 1.165) is 5.56 Å². The standard InChI is InChI=1S/C26H27FN4O3/c1-2-31(17-24(32)28-16-19-12-14-20(27)15-13-19)18-25(33)30-23-11-7-6-10-22(23)26(34)29-21-8-4-3-5-9-21/h3-15H,2,16-18H2,1H3,(H,28,32)(H,29,34)(H,30,33). The number of amides is 3. The molecule has 0 heterocycles. The predicted molar refractivity (Wildman–Crippen MR) is 130 cm³/mol. The molecule has 176 valence electrons. The SMILES string of the molecule is CCN(CC(=O)NCc1ccc(F)cc1)CC(=O)Nc1ccccc1C(=O)Nc1ccccc1. The molecule has 0 radical (unpaired) electrons. The highest BCUT2D eigenvalue weighted by molar-refractivity contribution is 6.10. The van der Waals surface area contributed by atoms with Crippen LogP contribution in [0.2, 0.25) is 0 Å². The Morgan fingerprint density at radius 3 is 2.15 bits per heavy atom. The van der Waals surface area contributed by atoms with Crippen molar-refractivity contribution < 1.29 is 18.8 Å². The highest BCUT2D eigenvalue weighted by Gasteiger charge is 2.16. The summed E-state index contributed by atoms with van der Waals surface area (Å²) in [6, 6.07) is 21.7. The molecule has 0 fully saturated rings. The zero-order chi connectivity index (χ0) is 24.3. The van der Waals surface area contributed by atoms with Crippen LogP contribution >= 0.6 is 0 Å². The van der Waals surface area contributed by atoms with Gasteiger partial charge in [-0.25, -0.2) is 4.39 Å². The van der Waals surface area contributed by atoms with Crippen LogP contribution in [0.25, 0.3) is 0 Å². The number of carbonyl (C=O) groups is 3. The van der Waals surface area contributed by atoms with Crippen molar-refractivity contribution in [3.05, 3.63) is 95.8 Å². The molecule has 0 aromatic heterocycles. The van der Waals surface area contributed by atoms with Gasteiger partial charge in [0.1, 0.15) is 5.82 Å². The van der Waals surface area contributed by atoms with Crippen LogP contribution in [-0.4, -0.2) is 42.3 Å². The number of benzene rings is 3. The number of nitrogens with one attached hydrogen (secondary N) is 3. The smallest absolute Gasteiger partial charge is 0.257 e. The average Bonchev–Trinajstić information content (AvgIpc) is 2.84. The zero-order valence-electron chi connectivity index (χ0n) is 18.9. The van der Waals surface area contributed by atoms with E-state index in [2.05, 4.69) is 16.0 Å². The van der Waals surface area contributed by atoms with Crippen LogP contribution < -0.4 is 16.0 Å². The molecule has 0 atom stereocenters. The minimum atomic E-state index is -0.340. The van der Waals surface area contributed by atoms with Crippen molar-refractivity contribution in [2.24, 2.45) is 0 Å². The van der Waals surface area contributed by atoms with Gasteiger partial charge in [0.05, 0.1) is 24.3 Å². The van der Waals surface area contributed by atoms with E-state index in [1.807, 2.05) is 25.1 Å². The van der Waals surface area contributed by atoms with E-state index in [9.17, 15) is 18.8 Å². The third-order valence-corrected chi connectivity index (χ3v) is 5.06. The van der Waals surface area contributed by atoms with Crippen LogP contribution in [0.4, 0.5) is 15.8 Å². The van der Waals surface area contributed by atoms with Gasteiger partial charge < -0.3 is 16.0 Å². The molecule has 0 aliphatic carbocycles. The van der Waals surface area contributed by atoms with E-state index in [1.54, 1.807) is 53.4 Å². The first-order chi connectivity index (χ1) is 16.4. The van der Waals surface area contributed by atoms with Crippen LogP contribution in [0, 0.1) is 5.82 Å². The maximum absolute atomic E-state index is 13.0. The summed E-state index contributed by atoms with van der Waals surface area (Å²) in [5.41, 5.74) is 2.15. The van der Waals surface area contributed by atoms with Crippen LogP contribution in [0.3, 0.4) is 0 Å². The van der Waals surface area contributed by atoms with Gasteiger partial charge in [0.15, 0.2) is 0 Å². The van der Waals surface area contributed by atoms with Crippen molar-refractivity contribution >= 4 is 29.1 Å². The fraction of sp³-hybridized carbons (Fsp3) is 0.192. The molecule has 3 N–H and O–H groups in total. The van der Waals surface area contributed by atoms with Crippen molar-refractivity contribution in [1.82, 2.24) is 10.2 Å². The van der Waals surface area contributed by atoms with E-state index in [4.69, 9.17) is 0 Å². The number of halogens is 1. The van der Waals surface area contributed by atoms with Gasteiger partial charge in [-0.1, -0.05) is 49.4 Å². The summed E-state index contributed by atoms with van der Waals surface area (Å²) in [7, 11) is 0. The highest BCUT2D eigenvalue weighted by Crippen LogP contribution is 2.17. The molecule has 0 saturated heterocycles. The molecule has 3 aromatic carbocycles.